The predicted octanol–water partition coefficient (Wildman–Crippen LogP) is 5.79. The van der Waals surface area contributed by atoms with Crippen molar-refractivity contribution in [2.24, 2.45) is 5.41 Å². The first-order valence-corrected chi connectivity index (χ1v) is 10.6. The van der Waals surface area contributed by atoms with Crippen molar-refractivity contribution in [1.29, 1.82) is 0 Å². The third-order valence-corrected chi connectivity index (χ3v) is 5.50. The lowest BCUT2D eigenvalue weighted by Gasteiger charge is -2.28. The third kappa shape index (κ3) is 5.09. The number of hydrogen-bond acceptors (Lipinski definition) is 3. The predicted molar refractivity (Wildman–Crippen MR) is 137 cm³/mol. The molecule has 0 bridgehead atoms. The van der Waals surface area contributed by atoms with Gasteiger partial charge in [0.25, 0.3) is 5.91 Å². The van der Waals surface area contributed by atoms with Crippen LogP contribution in [0.3, 0.4) is 0 Å². The first-order valence-electron chi connectivity index (χ1n) is 10.6. The molecule has 5 heteroatoms. The number of pyridine rings is 1. The summed E-state index contributed by atoms with van der Waals surface area (Å²) < 4.78 is 0. The number of benzene rings is 3. The van der Waals surface area contributed by atoms with Gasteiger partial charge in [-0.2, -0.15) is 0 Å². The summed E-state index contributed by atoms with van der Waals surface area (Å²) in [6, 6.07) is 24.3. The van der Waals surface area contributed by atoms with Crippen LogP contribution in [-0.4, -0.2) is 43.0 Å². The van der Waals surface area contributed by atoms with E-state index in [9.17, 15) is 4.79 Å². The fourth-order valence-corrected chi connectivity index (χ4v) is 4.28. The van der Waals surface area contributed by atoms with E-state index in [-0.39, 0.29) is 23.7 Å². The summed E-state index contributed by atoms with van der Waals surface area (Å²) in [7, 11) is 4.10. The van der Waals surface area contributed by atoms with Crippen LogP contribution in [0.2, 0.25) is 0 Å². The maximum absolute atomic E-state index is 13.3. The molecule has 0 spiro atoms. The highest BCUT2D eigenvalue weighted by atomic mass is 35.5. The largest absolute Gasteiger partial charge is 0.351 e. The number of amides is 1. The summed E-state index contributed by atoms with van der Waals surface area (Å²) in [5.41, 5.74) is 3.30. The standard InChI is InChI=1S/C27H29N3O.ClH/c1-27(2,18-30(3)4)17-28-26(31)23-16-25(29-24-15-8-7-13-22(23)24)21-14-9-11-19-10-5-6-12-20(19)21;/h5-16H,17-18H2,1-4H3,(H,28,31);1H. The molecule has 0 saturated carbocycles. The number of para-hydroxylation sites is 1. The van der Waals surface area contributed by atoms with E-state index < -0.39 is 0 Å². The van der Waals surface area contributed by atoms with Crippen molar-refractivity contribution >= 4 is 40.0 Å². The molecule has 1 amide bonds. The van der Waals surface area contributed by atoms with Gasteiger partial charge in [0.1, 0.15) is 0 Å². The lowest BCUT2D eigenvalue weighted by molar-refractivity contribution is 0.0931. The minimum atomic E-state index is -0.0630. The highest BCUT2D eigenvalue weighted by molar-refractivity contribution is 6.08. The lowest BCUT2D eigenvalue weighted by Crippen LogP contribution is -2.40. The van der Waals surface area contributed by atoms with Crippen LogP contribution in [0.15, 0.2) is 72.8 Å². The average Bonchev–Trinajstić information content (AvgIpc) is 2.75. The number of aromatic nitrogens is 1. The van der Waals surface area contributed by atoms with Crippen LogP contribution in [0.4, 0.5) is 0 Å². The Morgan fingerprint density at radius 2 is 1.59 bits per heavy atom. The molecule has 4 aromatic rings. The second-order valence-electron chi connectivity index (χ2n) is 9.18. The smallest absolute Gasteiger partial charge is 0.252 e. The second kappa shape index (κ2) is 9.68. The number of nitrogens with one attached hydrogen (secondary N) is 1. The SMILES string of the molecule is CN(C)CC(C)(C)CNC(=O)c1cc(-c2cccc3ccccc23)nc2ccccc12.Cl. The maximum Gasteiger partial charge on any atom is 0.252 e. The van der Waals surface area contributed by atoms with Gasteiger partial charge >= 0.3 is 0 Å². The number of carbonyl (C=O) groups excluding carboxylic acids is 1. The minimum absolute atomic E-state index is 0. The molecule has 0 fully saturated rings. The molecule has 4 nitrogen and oxygen atoms in total. The van der Waals surface area contributed by atoms with Gasteiger partial charge in [0.05, 0.1) is 16.8 Å². The van der Waals surface area contributed by atoms with Crippen LogP contribution >= 0.6 is 12.4 Å². The van der Waals surface area contributed by atoms with E-state index in [1.54, 1.807) is 0 Å². The van der Waals surface area contributed by atoms with Crippen molar-refractivity contribution in [3.63, 3.8) is 0 Å². The summed E-state index contributed by atoms with van der Waals surface area (Å²) in [4.78, 5) is 20.3. The van der Waals surface area contributed by atoms with Gasteiger partial charge in [-0.3, -0.25) is 4.79 Å². The molecular weight excluding hydrogens is 418 g/mol. The number of halogens is 1. The van der Waals surface area contributed by atoms with E-state index in [0.29, 0.717) is 12.1 Å². The van der Waals surface area contributed by atoms with Crippen molar-refractivity contribution in [3.05, 3.63) is 78.4 Å². The van der Waals surface area contributed by atoms with E-state index in [0.717, 1.165) is 39.5 Å². The van der Waals surface area contributed by atoms with Crippen LogP contribution in [0.5, 0.6) is 0 Å². The van der Waals surface area contributed by atoms with Crippen molar-refractivity contribution in [2.75, 3.05) is 27.2 Å². The minimum Gasteiger partial charge on any atom is -0.351 e. The topological polar surface area (TPSA) is 45.2 Å². The van der Waals surface area contributed by atoms with E-state index in [1.807, 2.05) is 48.5 Å². The van der Waals surface area contributed by atoms with E-state index in [1.165, 1.54) is 0 Å². The van der Waals surface area contributed by atoms with Gasteiger partial charge in [-0.25, -0.2) is 4.98 Å². The molecule has 0 unspecified atom stereocenters. The van der Waals surface area contributed by atoms with Crippen LogP contribution in [0.25, 0.3) is 32.9 Å². The number of hydrogen-bond donors (Lipinski definition) is 1. The zero-order valence-electron chi connectivity index (χ0n) is 19.1. The molecule has 0 aliphatic heterocycles. The van der Waals surface area contributed by atoms with Crippen LogP contribution in [0, 0.1) is 5.41 Å². The molecule has 32 heavy (non-hydrogen) atoms. The third-order valence-electron chi connectivity index (χ3n) is 5.50. The van der Waals surface area contributed by atoms with Gasteiger partial charge < -0.3 is 10.2 Å². The molecule has 166 valence electrons. The average molecular weight is 448 g/mol. The van der Waals surface area contributed by atoms with Crippen molar-refractivity contribution < 1.29 is 4.79 Å². The van der Waals surface area contributed by atoms with Crippen molar-refractivity contribution in [2.45, 2.75) is 13.8 Å². The Morgan fingerprint density at radius 1 is 0.938 bits per heavy atom. The second-order valence-corrected chi connectivity index (χ2v) is 9.18. The zero-order valence-corrected chi connectivity index (χ0v) is 19.9. The molecular formula is C27H30ClN3O. The summed E-state index contributed by atoms with van der Waals surface area (Å²) in [6.45, 7) is 5.83. The fraction of sp³-hybridized carbons (Fsp3) is 0.259. The molecule has 0 radical (unpaired) electrons. The number of fused-ring (bicyclic) bond motifs is 2. The lowest BCUT2D eigenvalue weighted by atomic mass is 9.92. The number of carbonyl (C=O) groups is 1. The number of rotatable bonds is 6. The summed E-state index contributed by atoms with van der Waals surface area (Å²) >= 11 is 0. The van der Waals surface area contributed by atoms with E-state index in [2.05, 4.69) is 62.4 Å². The fourth-order valence-electron chi connectivity index (χ4n) is 4.28. The molecule has 0 aliphatic carbocycles. The van der Waals surface area contributed by atoms with Gasteiger partial charge in [0, 0.05) is 24.0 Å². The molecule has 0 saturated heterocycles. The summed E-state index contributed by atoms with van der Waals surface area (Å²) in [5.74, 6) is -0.0630. The van der Waals surface area contributed by atoms with Gasteiger partial charge in [-0.1, -0.05) is 74.5 Å². The Bertz CT molecular complexity index is 1240. The molecule has 3 aromatic carbocycles. The Hall–Kier alpha value is -2.95. The van der Waals surface area contributed by atoms with E-state index >= 15 is 0 Å². The molecule has 4 rings (SSSR count). The molecule has 1 heterocycles. The van der Waals surface area contributed by atoms with Crippen LogP contribution < -0.4 is 5.32 Å². The van der Waals surface area contributed by atoms with Gasteiger partial charge in [-0.05, 0) is 42.4 Å². The van der Waals surface area contributed by atoms with Crippen LogP contribution in [0.1, 0.15) is 24.2 Å². The Kier molecular flexibility index (Phi) is 7.17. The van der Waals surface area contributed by atoms with Gasteiger partial charge in [0.15, 0.2) is 0 Å². The van der Waals surface area contributed by atoms with Crippen molar-refractivity contribution in [1.82, 2.24) is 15.2 Å². The van der Waals surface area contributed by atoms with Gasteiger partial charge in [0.2, 0.25) is 0 Å². The quantitative estimate of drug-likeness (QED) is 0.406. The van der Waals surface area contributed by atoms with E-state index in [4.69, 9.17) is 4.98 Å². The highest BCUT2D eigenvalue weighted by Gasteiger charge is 2.21. The highest BCUT2D eigenvalue weighted by Crippen LogP contribution is 2.30. The first kappa shape index (κ1) is 23.7. The normalized spacial score (nSPS) is 11.5. The Balaban J connectivity index is 0.00000289. The summed E-state index contributed by atoms with van der Waals surface area (Å²) in [6.07, 6.45) is 0. The summed E-state index contributed by atoms with van der Waals surface area (Å²) in [5, 5.41) is 6.32. The monoisotopic (exact) mass is 447 g/mol. The Labute approximate surface area is 196 Å². The molecule has 0 aliphatic rings. The molecule has 1 N–H and O–H groups in total. The number of nitrogens with zero attached hydrogens (tertiary/aromatic N) is 2. The zero-order chi connectivity index (χ0) is 22.0. The molecule has 0 atom stereocenters. The maximum atomic E-state index is 13.3. The molecule has 1 aromatic heterocycles. The van der Waals surface area contributed by atoms with Gasteiger partial charge in [-0.15, -0.1) is 12.4 Å². The first-order chi connectivity index (χ1) is 14.8. The van der Waals surface area contributed by atoms with Crippen LogP contribution in [-0.2, 0) is 0 Å². The van der Waals surface area contributed by atoms with Crippen molar-refractivity contribution in [3.8, 4) is 11.3 Å². The Morgan fingerprint density at radius 3 is 2.34 bits per heavy atom.